The molecule has 1 atom stereocenters. The van der Waals surface area contributed by atoms with Crippen molar-refractivity contribution in [3.8, 4) is 0 Å². The zero-order valence-corrected chi connectivity index (χ0v) is 8.21. The number of rotatable bonds is 6. The lowest BCUT2D eigenvalue weighted by molar-refractivity contribution is -0.143. The maximum absolute atomic E-state index is 11.2. The van der Waals surface area contributed by atoms with E-state index in [1.807, 2.05) is 0 Å². The minimum absolute atomic E-state index is 0.164. The Bertz CT molecular complexity index is 235. The molecular weight excluding hydrogens is 186 g/mol. The second kappa shape index (κ2) is 4.41. The standard InChI is InChI=1S/C9H15NO4/c1-14-8(13)9(6-10-9)5-3-2-4-7(11)12/h10H,2-6H2,1H3,(H,11,12). The summed E-state index contributed by atoms with van der Waals surface area (Å²) in [5.41, 5.74) is -0.507. The summed E-state index contributed by atoms with van der Waals surface area (Å²) in [5.74, 6) is -1.03. The quantitative estimate of drug-likeness (QED) is 0.363. The van der Waals surface area contributed by atoms with Crippen molar-refractivity contribution in [2.24, 2.45) is 0 Å². The Morgan fingerprint density at radius 3 is 2.57 bits per heavy atom. The van der Waals surface area contributed by atoms with Gasteiger partial charge in [0.2, 0.25) is 0 Å². The molecule has 0 radical (unpaired) electrons. The molecule has 0 amide bonds. The number of unbranched alkanes of at least 4 members (excludes halogenated alkanes) is 1. The van der Waals surface area contributed by atoms with Crippen LogP contribution in [0.2, 0.25) is 0 Å². The minimum atomic E-state index is -0.791. The predicted molar refractivity (Wildman–Crippen MR) is 48.9 cm³/mol. The third-order valence-corrected chi connectivity index (χ3v) is 2.42. The predicted octanol–water partition coefficient (Wildman–Crippen LogP) is 0.146. The molecule has 1 heterocycles. The molecule has 0 aromatic carbocycles. The Morgan fingerprint density at radius 1 is 1.50 bits per heavy atom. The SMILES string of the molecule is COC(=O)C1(CCCCC(=O)O)CN1. The van der Waals surface area contributed by atoms with Gasteiger partial charge in [0.15, 0.2) is 0 Å². The molecule has 14 heavy (non-hydrogen) atoms. The Balaban J connectivity index is 2.18. The summed E-state index contributed by atoms with van der Waals surface area (Å²) in [6.07, 6.45) is 2.16. The average molecular weight is 201 g/mol. The van der Waals surface area contributed by atoms with Crippen molar-refractivity contribution < 1.29 is 19.4 Å². The van der Waals surface area contributed by atoms with Crippen LogP contribution in [0.4, 0.5) is 0 Å². The minimum Gasteiger partial charge on any atom is -0.481 e. The largest absolute Gasteiger partial charge is 0.481 e. The third-order valence-electron chi connectivity index (χ3n) is 2.42. The first-order valence-electron chi connectivity index (χ1n) is 4.66. The van der Waals surface area contributed by atoms with Crippen molar-refractivity contribution >= 4 is 11.9 Å². The molecule has 0 bridgehead atoms. The van der Waals surface area contributed by atoms with Crippen LogP contribution < -0.4 is 5.32 Å². The van der Waals surface area contributed by atoms with E-state index < -0.39 is 11.5 Å². The van der Waals surface area contributed by atoms with Gasteiger partial charge in [-0.1, -0.05) is 6.42 Å². The number of nitrogens with one attached hydrogen (secondary N) is 1. The van der Waals surface area contributed by atoms with Gasteiger partial charge in [-0.15, -0.1) is 0 Å². The van der Waals surface area contributed by atoms with E-state index in [0.717, 1.165) is 6.42 Å². The first-order chi connectivity index (χ1) is 6.60. The number of ether oxygens (including phenoxy) is 1. The van der Waals surface area contributed by atoms with Crippen molar-refractivity contribution in [2.45, 2.75) is 31.2 Å². The molecule has 0 aromatic heterocycles. The van der Waals surface area contributed by atoms with Crippen LogP contribution in [-0.4, -0.2) is 36.2 Å². The number of methoxy groups -OCH3 is 1. The summed E-state index contributed by atoms with van der Waals surface area (Å²) in [5, 5.41) is 11.4. The molecule has 1 aliphatic rings. The Morgan fingerprint density at radius 2 is 2.14 bits per heavy atom. The van der Waals surface area contributed by atoms with Crippen molar-refractivity contribution in [3.63, 3.8) is 0 Å². The fourth-order valence-electron chi connectivity index (χ4n) is 1.43. The summed E-state index contributed by atoms with van der Waals surface area (Å²) in [4.78, 5) is 21.4. The fraction of sp³-hybridized carbons (Fsp3) is 0.778. The summed E-state index contributed by atoms with van der Waals surface area (Å²) >= 11 is 0. The molecule has 5 heteroatoms. The van der Waals surface area contributed by atoms with Gasteiger partial charge in [0.1, 0.15) is 5.54 Å². The molecular formula is C9H15NO4. The van der Waals surface area contributed by atoms with Crippen LogP contribution in [0.5, 0.6) is 0 Å². The highest BCUT2D eigenvalue weighted by molar-refractivity contribution is 5.84. The molecule has 2 N–H and O–H groups in total. The molecule has 0 saturated carbocycles. The highest BCUT2D eigenvalue weighted by atomic mass is 16.5. The maximum Gasteiger partial charge on any atom is 0.327 e. The molecule has 1 saturated heterocycles. The number of carbonyl (C=O) groups excluding carboxylic acids is 1. The van der Waals surface area contributed by atoms with Crippen molar-refractivity contribution in [1.82, 2.24) is 5.32 Å². The normalized spacial score (nSPS) is 24.4. The summed E-state index contributed by atoms with van der Waals surface area (Å²) in [6.45, 7) is 0.646. The van der Waals surface area contributed by atoms with Crippen LogP contribution in [0.15, 0.2) is 0 Å². The number of hydrogen-bond donors (Lipinski definition) is 2. The lowest BCUT2D eigenvalue weighted by Gasteiger charge is -2.09. The molecule has 0 aliphatic carbocycles. The number of aliphatic carboxylic acids is 1. The van der Waals surface area contributed by atoms with Gasteiger partial charge < -0.3 is 9.84 Å². The van der Waals surface area contributed by atoms with E-state index in [0.29, 0.717) is 19.4 Å². The third kappa shape index (κ3) is 2.70. The molecule has 1 rings (SSSR count). The second-order valence-electron chi connectivity index (χ2n) is 3.53. The van der Waals surface area contributed by atoms with Crippen LogP contribution in [-0.2, 0) is 14.3 Å². The van der Waals surface area contributed by atoms with Crippen LogP contribution >= 0.6 is 0 Å². The van der Waals surface area contributed by atoms with E-state index in [2.05, 4.69) is 10.1 Å². The topological polar surface area (TPSA) is 85.5 Å². The van der Waals surface area contributed by atoms with Crippen LogP contribution in [0, 0.1) is 0 Å². The van der Waals surface area contributed by atoms with E-state index in [-0.39, 0.29) is 12.4 Å². The second-order valence-corrected chi connectivity index (χ2v) is 3.53. The van der Waals surface area contributed by atoms with Gasteiger partial charge >= 0.3 is 11.9 Å². The highest BCUT2D eigenvalue weighted by Gasteiger charge is 2.49. The summed E-state index contributed by atoms with van der Waals surface area (Å²) in [7, 11) is 1.36. The highest BCUT2D eigenvalue weighted by Crippen LogP contribution is 2.25. The molecule has 1 unspecified atom stereocenters. The van der Waals surface area contributed by atoms with Gasteiger partial charge in [-0.05, 0) is 12.8 Å². The van der Waals surface area contributed by atoms with Crippen LogP contribution in [0.25, 0.3) is 0 Å². The summed E-state index contributed by atoms with van der Waals surface area (Å²) < 4.78 is 4.64. The van der Waals surface area contributed by atoms with Crippen LogP contribution in [0.1, 0.15) is 25.7 Å². The summed E-state index contributed by atoms with van der Waals surface area (Å²) in [6, 6.07) is 0. The van der Waals surface area contributed by atoms with Crippen LogP contribution in [0.3, 0.4) is 0 Å². The number of esters is 1. The number of carbonyl (C=O) groups is 2. The molecule has 1 fully saturated rings. The van der Waals surface area contributed by atoms with Crippen molar-refractivity contribution in [3.05, 3.63) is 0 Å². The Kier molecular flexibility index (Phi) is 3.46. The van der Waals surface area contributed by atoms with E-state index >= 15 is 0 Å². The van der Waals surface area contributed by atoms with Gasteiger partial charge in [-0.2, -0.15) is 0 Å². The fourth-order valence-corrected chi connectivity index (χ4v) is 1.43. The van der Waals surface area contributed by atoms with E-state index in [1.165, 1.54) is 7.11 Å². The van der Waals surface area contributed by atoms with Gasteiger partial charge in [0, 0.05) is 13.0 Å². The van der Waals surface area contributed by atoms with Gasteiger partial charge in [-0.3, -0.25) is 14.9 Å². The molecule has 80 valence electrons. The zero-order valence-electron chi connectivity index (χ0n) is 8.21. The lowest BCUT2D eigenvalue weighted by Crippen LogP contribution is -2.29. The first kappa shape index (κ1) is 11.0. The monoisotopic (exact) mass is 201 g/mol. The number of carboxylic acids is 1. The van der Waals surface area contributed by atoms with Crippen molar-refractivity contribution in [2.75, 3.05) is 13.7 Å². The van der Waals surface area contributed by atoms with E-state index in [1.54, 1.807) is 0 Å². The van der Waals surface area contributed by atoms with Gasteiger partial charge in [0.05, 0.1) is 7.11 Å². The average Bonchev–Trinajstić information content (AvgIpc) is 2.92. The maximum atomic E-state index is 11.2. The molecule has 0 aromatic rings. The van der Waals surface area contributed by atoms with Gasteiger partial charge in [0.25, 0.3) is 0 Å². The van der Waals surface area contributed by atoms with E-state index in [9.17, 15) is 9.59 Å². The number of carboxylic acid groups (broad SMARTS) is 1. The van der Waals surface area contributed by atoms with Crippen molar-refractivity contribution in [1.29, 1.82) is 0 Å². The van der Waals surface area contributed by atoms with Gasteiger partial charge in [-0.25, -0.2) is 0 Å². The first-order valence-corrected chi connectivity index (χ1v) is 4.66. The lowest BCUT2D eigenvalue weighted by atomic mass is 10.0. The molecule has 5 nitrogen and oxygen atoms in total. The Hall–Kier alpha value is -1.10. The molecule has 0 spiro atoms. The zero-order chi connectivity index (χ0) is 10.6. The van der Waals surface area contributed by atoms with E-state index in [4.69, 9.17) is 5.11 Å². The smallest absolute Gasteiger partial charge is 0.327 e. The Labute approximate surface area is 82.4 Å². The number of hydrogen-bond acceptors (Lipinski definition) is 4. The molecule has 1 aliphatic heterocycles.